The fourth-order valence-electron chi connectivity index (χ4n) is 2.22. The molecule has 1 aromatic rings. The van der Waals surface area contributed by atoms with E-state index in [1.54, 1.807) is 12.1 Å². The van der Waals surface area contributed by atoms with Crippen LogP contribution in [0.5, 0.6) is 0 Å². The first-order valence-electron chi connectivity index (χ1n) is 6.38. The summed E-state index contributed by atoms with van der Waals surface area (Å²) < 4.78 is 18.8. The molecule has 1 N–H and O–H groups in total. The SMILES string of the molecule is CN(Cc1ccc(F)c(C#N)c1)CC1CNCCO1. The Morgan fingerprint density at radius 2 is 2.42 bits per heavy atom. The third-order valence-corrected chi connectivity index (χ3v) is 3.12. The molecule has 1 aliphatic rings. The number of nitrogens with one attached hydrogen (secondary N) is 1. The fourth-order valence-corrected chi connectivity index (χ4v) is 2.22. The van der Waals surface area contributed by atoms with Crippen LogP contribution in [0.1, 0.15) is 11.1 Å². The first-order valence-corrected chi connectivity index (χ1v) is 6.38. The Labute approximate surface area is 112 Å². The van der Waals surface area contributed by atoms with Crippen LogP contribution >= 0.6 is 0 Å². The summed E-state index contributed by atoms with van der Waals surface area (Å²) in [5.41, 5.74) is 1.03. The zero-order valence-corrected chi connectivity index (χ0v) is 11.0. The molecule has 0 spiro atoms. The third-order valence-electron chi connectivity index (χ3n) is 3.12. The average Bonchev–Trinajstić information content (AvgIpc) is 2.42. The molecule has 1 aromatic carbocycles. The van der Waals surface area contributed by atoms with Crippen molar-refractivity contribution >= 4 is 0 Å². The predicted octanol–water partition coefficient (Wildman–Crippen LogP) is 1.12. The van der Waals surface area contributed by atoms with Crippen molar-refractivity contribution in [3.05, 3.63) is 35.1 Å². The largest absolute Gasteiger partial charge is 0.374 e. The summed E-state index contributed by atoms with van der Waals surface area (Å²) in [6, 6.07) is 6.53. The highest BCUT2D eigenvalue weighted by Crippen LogP contribution is 2.11. The minimum atomic E-state index is -0.464. The molecule has 19 heavy (non-hydrogen) atoms. The van der Waals surface area contributed by atoms with Gasteiger partial charge in [-0.05, 0) is 24.7 Å². The van der Waals surface area contributed by atoms with Gasteiger partial charge in [-0.25, -0.2) is 4.39 Å². The van der Waals surface area contributed by atoms with E-state index in [-0.39, 0.29) is 11.7 Å². The number of rotatable bonds is 4. The normalized spacial score (nSPS) is 19.4. The Kier molecular flexibility index (Phi) is 4.86. The van der Waals surface area contributed by atoms with Crippen LogP contribution in [-0.4, -0.2) is 44.3 Å². The maximum Gasteiger partial charge on any atom is 0.140 e. The number of ether oxygens (including phenoxy) is 1. The smallest absolute Gasteiger partial charge is 0.140 e. The molecule has 1 aliphatic heterocycles. The van der Waals surface area contributed by atoms with Crippen molar-refractivity contribution < 1.29 is 9.13 Å². The number of hydrogen-bond donors (Lipinski definition) is 1. The lowest BCUT2D eigenvalue weighted by Crippen LogP contribution is -2.44. The number of likely N-dealkylation sites (N-methyl/N-ethyl adjacent to an activating group) is 1. The Hall–Kier alpha value is -1.48. The predicted molar refractivity (Wildman–Crippen MR) is 70.1 cm³/mol. The van der Waals surface area contributed by atoms with Crippen molar-refractivity contribution in [3.63, 3.8) is 0 Å². The second-order valence-corrected chi connectivity index (χ2v) is 4.82. The maximum absolute atomic E-state index is 13.2. The van der Waals surface area contributed by atoms with E-state index >= 15 is 0 Å². The van der Waals surface area contributed by atoms with Gasteiger partial charge in [0.25, 0.3) is 0 Å². The summed E-state index contributed by atoms with van der Waals surface area (Å²) in [7, 11) is 1.99. The molecule has 2 rings (SSSR count). The van der Waals surface area contributed by atoms with Crippen LogP contribution in [0.2, 0.25) is 0 Å². The van der Waals surface area contributed by atoms with Gasteiger partial charge in [-0.15, -0.1) is 0 Å². The molecular weight excluding hydrogens is 245 g/mol. The van der Waals surface area contributed by atoms with Gasteiger partial charge in [0.1, 0.15) is 11.9 Å². The molecule has 0 bridgehead atoms. The molecule has 1 atom stereocenters. The Morgan fingerprint density at radius 3 is 3.11 bits per heavy atom. The number of benzene rings is 1. The molecule has 1 saturated heterocycles. The molecule has 0 saturated carbocycles. The van der Waals surface area contributed by atoms with E-state index in [1.807, 2.05) is 13.1 Å². The van der Waals surface area contributed by atoms with Gasteiger partial charge in [-0.1, -0.05) is 6.07 Å². The third kappa shape index (κ3) is 4.00. The van der Waals surface area contributed by atoms with E-state index in [4.69, 9.17) is 10.00 Å². The minimum Gasteiger partial charge on any atom is -0.374 e. The number of halogens is 1. The van der Waals surface area contributed by atoms with Gasteiger partial charge in [-0.2, -0.15) is 5.26 Å². The zero-order chi connectivity index (χ0) is 13.7. The van der Waals surface area contributed by atoms with Crippen molar-refractivity contribution in [2.24, 2.45) is 0 Å². The Morgan fingerprint density at radius 1 is 1.58 bits per heavy atom. The summed E-state index contributed by atoms with van der Waals surface area (Å²) in [6.45, 7) is 4.00. The second kappa shape index (κ2) is 6.62. The van der Waals surface area contributed by atoms with E-state index in [1.165, 1.54) is 6.07 Å². The lowest BCUT2D eigenvalue weighted by atomic mass is 10.1. The van der Waals surface area contributed by atoms with E-state index in [2.05, 4.69) is 10.2 Å². The quantitative estimate of drug-likeness (QED) is 0.884. The average molecular weight is 263 g/mol. The standard InChI is InChI=1S/C14H18FN3O/c1-18(10-13-8-17-4-5-19-13)9-11-2-3-14(15)12(6-11)7-16/h2-3,6,13,17H,4-5,8-10H2,1H3. The van der Waals surface area contributed by atoms with E-state index in [0.29, 0.717) is 6.54 Å². The lowest BCUT2D eigenvalue weighted by Gasteiger charge is -2.28. The molecule has 102 valence electrons. The first kappa shape index (κ1) is 13.9. The van der Waals surface area contributed by atoms with Crippen molar-refractivity contribution in [2.45, 2.75) is 12.6 Å². The highest BCUT2D eigenvalue weighted by Gasteiger charge is 2.15. The van der Waals surface area contributed by atoms with Gasteiger partial charge in [0, 0.05) is 26.2 Å². The molecule has 1 unspecified atom stereocenters. The monoisotopic (exact) mass is 263 g/mol. The maximum atomic E-state index is 13.2. The van der Waals surface area contributed by atoms with Gasteiger partial charge in [0.2, 0.25) is 0 Å². The van der Waals surface area contributed by atoms with Crippen LogP contribution in [0, 0.1) is 17.1 Å². The van der Waals surface area contributed by atoms with Crippen molar-refractivity contribution in [3.8, 4) is 6.07 Å². The lowest BCUT2D eigenvalue weighted by molar-refractivity contribution is 0.00884. The number of morpholine rings is 1. The van der Waals surface area contributed by atoms with Crippen LogP contribution in [0.15, 0.2) is 18.2 Å². The van der Waals surface area contributed by atoms with Crippen molar-refractivity contribution in [1.82, 2.24) is 10.2 Å². The van der Waals surface area contributed by atoms with Gasteiger partial charge < -0.3 is 10.1 Å². The summed E-state index contributed by atoms with van der Waals surface area (Å²) >= 11 is 0. The van der Waals surface area contributed by atoms with Crippen LogP contribution < -0.4 is 5.32 Å². The Bertz CT molecular complexity index is 466. The first-order chi connectivity index (χ1) is 9.19. The van der Waals surface area contributed by atoms with E-state index < -0.39 is 5.82 Å². The molecule has 0 amide bonds. The summed E-state index contributed by atoms with van der Waals surface area (Å²) in [5, 5.41) is 12.1. The van der Waals surface area contributed by atoms with Gasteiger partial charge in [0.05, 0.1) is 18.3 Å². The van der Waals surface area contributed by atoms with Gasteiger partial charge in [0.15, 0.2) is 0 Å². The number of hydrogen-bond acceptors (Lipinski definition) is 4. The summed E-state index contributed by atoms with van der Waals surface area (Å²) in [4.78, 5) is 2.12. The highest BCUT2D eigenvalue weighted by atomic mass is 19.1. The van der Waals surface area contributed by atoms with E-state index in [9.17, 15) is 4.39 Å². The molecule has 0 aliphatic carbocycles. The zero-order valence-electron chi connectivity index (χ0n) is 11.0. The molecule has 4 nitrogen and oxygen atoms in total. The minimum absolute atomic E-state index is 0.0986. The number of nitriles is 1. The van der Waals surface area contributed by atoms with Crippen molar-refractivity contribution in [2.75, 3.05) is 33.3 Å². The van der Waals surface area contributed by atoms with E-state index in [0.717, 1.165) is 31.8 Å². The summed E-state index contributed by atoms with van der Waals surface area (Å²) in [6.07, 6.45) is 0.189. The molecule has 1 fully saturated rings. The molecule has 0 radical (unpaired) electrons. The number of nitrogens with zero attached hydrogens (tertiary/aromatic N) is 2. The van der Waals surface area contributed by atoms with Crippen molar-refractivity contribution in [1.29, 1.82) is 5.26 Å². The van der Waals surface area contributed by atoms with Crippen LogP contribution in [0.3, 0.4) is 0 Å². The molecular formula is C14H18FN3O. The molecule has 1 heterocycles. The molecule has 0 aromatic heterocycles. The second-order valence-electron chi connectivity index (χ2n) is 4.82. The Balaban J connectivity index is 1.91. The van der Waals surface area contributed by atoms with Gasteiger partial charge in [-0.3, -0.25) is 4.90 Å². The molecule has 5 heteroatoms. The topological polar surface area (TPSA) is 48.3 Å². The highest BCUT2D eigenvalue weighted by molar-refractivity contribution is 5.34. The van der Waals surface area contributed by atoms with Crippen LogP contribution in [0.4, 0.5) is 4.39 Å². The fraction of sp³-hybridized carbons (Fsp3) is 0.500. The van der Waals surface area contributed by atoms with Crippen LogP contribution in [-0.2, 0) is 11.3 Å². The summed E-state index contributed by atoms with van der Waals surface area (Å²) in [5.74, 6) is -0.464. The van der Waals surface area contributed by atoms with Crippen LogP contribution in [0.25, 0.3) is 0 Å². The van der Waals surface area contributed by atoms with Gasteiger partial charge >= 0.3 is 0 Å².